The number of rotatable bonds is 10. The molecule has 0 spiro atoms. The molecule has 0 atom stereocenters. The number of imidazole rings is 2. The minimum atomic E-state index is -0.456. The summed E-state index contributed by atoms with van der Waals surface area (Å²) in [7, 11) is 0. The Morgan fingerprint density at radius 2 is 0.852 bits per heavy atom. The Bertz CT molecular complexity index is 8920. The second-order valence-corrected chi connectivity index (χ2v) is 33.7. The number of aromatic nitrogens is 12. The molecule has 0 saturated heterocycles. The summed E-state index contributed by atoms with van der Waals surface area (Å²) in [6.45, 7) is 4.80. The van der Waals surface area contributed by atoms with E-state index in [9.17, 15) is 4.79 Å². The third-order valence-electron chi connectivity index (χ3n) is 22.0. The van der Waals surface area contributed by atoms with Gasteiger partial charge < -0.3 is 34.0 Å². The van der Waals surface area contributed by atoms with Crippen molar-refractivity contribution >= 4 is 118 Å². The van der Waals surface area contributed by atoms with Crippen molar-refractivity contribution in [3.63, 3.8) is 0 Å². The van der Waals surface area contributed by atoms with Gasteiger partial charge in [-0.25, -0.2) is 0 Å². The Morgan fingerprint density at radius 1 is 0.369 bits per heavy atom. The number of pyridine rings is 5. The number of fused-ring (bicyclic) bond motifs is 15. The Kier molecular flexibility index (Phi) is 41.5. The van der Waals surface area contributed by atoms with Gasteiger partial charge in [0.05, 0.1) is 52.7 Å². The van der Waals surface area contributed by atoms with Crippen molar-refractivity contribution in [2.75, 3.05) is 0 Å². The van der Waals surface area contributed by atoms with Crippen molar-refractivity contribution in [2.45, 2.75) is 20.8 Å². The van der Waals surface area contributed by atoms with E-state index in [1.807, 2.05) is 285 Å². The van der Waals surface area contributed by atoms with E-state index in [-0.39, 0.29) is 182 Å². The molecule has 7 radical (unpaired) electrons. The van der Waals surface area contributed by atoms with Crippen LogP contribution >= 0.6 is 22.7 Å². The SMILES string of the molecule is CC(=O)C=C(C)O.Cc1ccnc(-c2[c-]cccc2)n1.[2H]c1[c-]c(-c2ncc([2H])c([2H])[n+]2[2H])c([2H])c([2H])c1[2H].[Ir].[Ir].[Ir].[Ir].[Ir].[Ir].[Ir].[c-]1ccc(-c2ccccc2)cc1-c1ccccn1.[c-]1ccc2c(sc3ccccc32)c1-c1ccccn1.[c-]1ccc2c(sc3ccccc32)c1-c1ccccn1.[c-]1cccc2c1c1nc3ccccc3n1c1ccccc21.[c-]1ccccc1-c1ccccn1.[c-]1ccccc1-c1nc2ccccc2n1-c1ccccc1. The van der Waals surface area contributed by atoms with Gasteiger partial charge in [0.25, 0.3) is 1.41 Å². The zero-order chi connectivity index (χ0) is 103. The summed E-state index contributed by atoms with van der Waals surface area (Å²) in [5.74, 6) is 1.43. The number of aliphatic hydroxyl groups excluding tert-OH is 1. The Hall–Kier alpha value is -13.8. The van der Waals surface area contributed by atoms with E-state index in [0.717, 1.165) is 118 Å². The van der Waals surface area contributed by atoms with Crippen LogP contribution in [0.3, 0.4) is 0 Å². The molecule has 0 amide bonds. The minimum absolute atomic E-state index is 0. The molecule has 149 heavy (non-hydrogen) atoms. The quantitative estimate of drug-likeness (QED) is 0.0596. The molecule has 23 heteroatoms. The smallest absolute Gasteiger partial charge is 0.299 e. The predicted octanol–water partition coefficient (Wildman–Crippen LogP) is 30.3. The number of nitrogens with zero attached hydrogens (tertiary/aromatic N) is 11. The Morgan fingerprint density at radius 3 is 1.41 bits per heavy atom. The number of aliphatic hydroxyl groups is 1. The van der Waals surface area contributed by atoms with Crippen LogP contribution in [0.25, 0.3) is 186 Å². The largest absolute Gasteiger partial charge is 0.512 e. The summed E-state index contributed by atoms with van der Waals surface area (Å²) in [6.07, 6.45) is 10.8. The number of allylic oxidation sites excluding steroid dienone is 2. The first-order chi connectivity index (χ1) is 73.0. The molecule has 0 unspecified atom stereocenters. The monoisotopic (exact) mass is 3220 g/mol. The van der Waals surface area contributed by atoms with Gasteiger partial charge in [0.2, 0.25) is 5.82 Å². The first-order valence-corrected chi connectivity index (χ1v) is 47.0. The number of hydrogen-bond donors (Lipinski definition) is 1. The number of benzene rings is 15. The van der Waals surface area contributed by atoms with Crippen LogP contribution < -0.4 is 4.98 Å². The number of carbonyl (C=O) groups is 1. The number of aryl methyl sites for hydroxylation is 1. The van der Waals surface area contributed by atoms with Crippen molar-refractivity contribution < 1.29 is 165 Å². The summed E-state index contributed by atoms with van der Waals surface area (Å²) in [5.41, 5.74) is 20.9. The van der Waals surface area contributed by atoms with E-state index in [0.29, 0.717) is 4.98 Å². The van der Waals surface area contributed by atoms with Crippen molar-refractivity contribution in [3.8, 4) is 96.0 Å². The van der Waals surface area contributed by atoms with E-state index in [2.05, 4.69) is 244 Å². The number of para-hydroxylation sites is 6. The fourth-order valence-electron chi connectivity index (χ4n) is 15.7. The maximum Gasteiger partial charge on any atom is 0.299 e. The van der Waals surface area contributed by atoms with E-state index >= 15 is 0 Å². The molecule has 26 aromatic rings. The molecule has 15 aromatic carbocycles. The average Bonchev–Trinajstić information content (AvgIpc) is 1.56. The molecule has 0 fully saturated rings. The number of hydrogen-bond acceptors (Lipinski definition) is 13. The summed E-state index contributed by atoms with van der Waals surface area (Å²) in [4.78, 5) is 49.9. The van der Waals surface area contributed by atoms with Gasteiger partial charge in [-0.15, -0.1) is 250 Å². The summed E-state index contributed by atoms with van der Waals surface area (Å²) < 4.78 is 62.2. The molecule has 747 valence electrons. The second-order valence-electron chi connectivity index (χ2n) is 31.6. The normalized spacial score (nSPS) is 10.9. The number of aromatic amines is 1. The maximum absolute atomic E-state index is 10.0. The van der Waals surface area contributed by atoms with Gasteiger partial charge in [0, 0.05) is 213 Å². The van der Waals surface area contributed by atoms with Crippen LogP contribution in [0, 0.1) is 55.5 Å². The molecule has 14 nitrogen and oxygen atoms in total. The fourth-order valence-corrected chi connectivity index (χ4v) is 18.1. The van der Waals surface area contributed by atoms with Crippen LogP contribution in [-0.4, -0.2) is 64.7 Å². The number of thiophene rings is 2. The van der Waals surface area contributed by atoms with Crippen LogP contribution in [0.15, 0.2) is 480 Å². The molecular weight excluding hydrogens is 3120 g/mol. The van der Waals surface area contributed by atoms with Gasteiger partial charge in [0.15, 0.2) is 5.78 Å². The number of ketones is 1. The molecule has 2 N–H and O–H groups in total. The van der Waals surface area contributed by atoms with Gasteiger partial charge in [-0.3, -0.25) is 29.7 Å². The van der Waals surface area contributed by atoms with Crippen LogP contribution in [0.4, 0.5) is 0 Å². The maximum atomic E-state index is 10.0. The Labute approximate surface area is 978 Å². The third-order valence-corrected chi connectivity index (χ3v) is 24.4. The number of carbonyl (C=O) groups excluding carboxylic acids is 1. The van der Waals surface area contributed by atoms with Gasteiger partial charge in [-0.1, -0.05) is 203 Å². The van der Waals surface area contributed by atoms with E-state index in [1.54, 1.807) is 18.6 Å². The first kappa shape index (κ1) is 105. The average molecular weight is 3220 g/mol. The van der Waals surface area contributed by atoms with Gasteiger partial charge >= 0.3 is 0 Å². The molecule has 0 aliphatic rings. The first-order valence-electron chi connectivity index (χ1n) is 48.8. The van der Waals surface area contributed by atoms with E-state index in [4.69, 9.17) is 24.7 Å². The van der Waals surface area contributed by atoms with Crippen molar-refractivity contribution in [1.29, 1.82) is 0 Å². The molecule has 0 bridgehead atoms. The van der Waals surface area contributed by atoms with Crippen molar-refractivity contribution in [2.24, 2.45) is 0 Å². The standard InChI is InChI=1S/C19H11N2.C19H13N2.2C17H10NS.C17H12N.C11H9N2.C11H8N.C10H7N2.C5H8O2.7Ir/c1-2-9-15-13(7-1)14-8-3-5-11-17(14)21-18-12-6-4-10-16(18)20-19(15)21;1-3-9-15(10-4-1)19-20-17-13-7-8-14-18(17)21(19)16-11-5-2-6-12-16;2*1-2-10-16-12(6-1)13-7-5-8-14(17(13)19-16)15-9-3-4-11-18-15;1-2-7-14(8-3-1)15-9-6-10-16(13-15)17-11-4-5-12-18-17;1-9-7-8-12-11(13-9)10-5-3-2-4-6-10;1-2-6-10(7-3-1)11-8-4-5-9-12-11;1-2-5-9(6-3-1)10-11-7-4-8-12-10;1-4(6)3-5(2)7;;;;;;;/h1-8,10-12H;1-9,11-14H;2*1-7,9-11H;1-9,11-13H;2-5,7-8H,1H3;1-6,8-9H;1-5,7-8H;3,6H,1-2H3;;;;;;;/q8*-1;;;;;;;;/p+1/i;;;;;;;1D,2D,3D,4D,5D,7D;;;;;;;;/hD. The molecule has 0 saturated carbocycles. The van der Waals surface area contributed by atoms with E-state index in [1.165, 1.54) is 87.7 Å². The van der Waals surface area contributed by atoms with Gasteiger partial charge in [0.1, 0.15) is 7.57 Å². The third kappa shape index (κ3) is 29.9. The molecule has 11 aromatic heterocycles. The summed E-state index contributed by atoms with van der Waals surface area (Å²) in [6, 6.07) is 156. The van der Waals surface area contributed by atoms with Crippen LogP contribution in [0.5, 0.6) is 0 Å². The molecule has 26 rings (SSSR count). The molecule has 0 aliphatic heterocycles. The zero-order valence-electron chi connectivity index (χ0n) is 86.4. The topological polar surface area (TPSA) is 177 Å². The summed E-state index contributed by atoms with van der Waals surface area (Å²) in [5, 5.41) is 17.1. The summed E-state index contributed by atoms with van der Waals surface area (Å²) >= 11 is 3.62. The van der Waals surface area contributed by atoms with Crippen molar-refractivity contribution in [3.05, 3.63) is 534 Å². The van der Waals surface area contributed by atoms with Crippen LogP contribution in [-0.2, 0) is 146 Å². The van der Waals surface area contributed by atoms with Gasteiger partial charge in [-0.2, -0.15) is 22.7 Å². The molecule has 11 heterocycles. The van der Waals surface area contributed by atoms with Gasteiger partial charge in [-0.05, 0) is 162 Å². The number of nitrogens with one attached hydrogen (secondary N) is 1. The van der Waals surface area contributed by atoms with E-state index < -0.39 is 18.3 Å². The van der Waals surface area contributed by atoms with Crippen LogP contribution in [0.1, 0.15) is 27.8 Å². The fraction of sp³-hybridized carbons (Fsp3) is 0.0238. The van der Waals surface area contributed by atoms with Crippen LogP contribution in [0.2, 0.25) is 1.41 Å². The number of H-pyrrole nitrogens is 1. The Balaban J connectivity index is 0.000000166. The zero-order valence-corrected chi connectivity index (χ0v) is 97.8. The molecule has 0 aliphatic carbocycles. The van der Waals surface area contributed by atoms with Crippen molar-refractivity contribution in [1.82, 2.24) is 53.8 Å². The predicted molar refractivity (Wildman–Crippen MR) is 580 cm³/mol. The second kappa shape index (κ2) is 58.8. The minimum Gasteiger partial charge on any atom is -0.512 e. The molecular formula is C126H89Ir7N12O2S2-7.